The van der Waals surface area contributed by atoms with Crippen LogP contribution in [0.4, 0.5) is 0 Å². The molecular formula is C11H11N3OS. The van der Waals surface area contributed by atoms with Gasteiger partial charge in [0.1, 0.15) is 4.83 Å². The predicted molar refractivity (Wildman–Crippen MR) is 65.6 cm³/mol. The van der Waals surface area contributed by atoms with Crippen LogP contribution < -0.4 is 10.9 Å². The lowest BCUT2D eigenvalue weighted by molar-refractivity contribution is 0.609. The molecule has 0 radical (unpaired) electrons. The molecule has 0 unspecified atom stereocenters. The molecule has 5 heteroatoms. The lowest BCUT2D eigenvalue weighted by Crippen LogP contribution is -2.27. The molecule has 4 nitrogen and oxygen atoms in total. The van der Waals surface area contributed by atoms with Crippen LogP contribution in [0.15, 0.2) is 22.6 Å². The van der Waals surface area contributed by atoms with Gasteiger partial charge in [0.15, 0.2) is 0 Å². The molecule has 2 heterocycles. The molecule has 0 aliphatic heterocycles. The SMILES string of the molecule is C#CCNCCn1cnc2sccc2c1=O. The van der Waals surface area contributed by atoms with Crippen molar-refractivity contribution < 1.29 is 0 Å². The number of hydrogen-bond acceptors (Lipinski definition) is 4. The van der Waals surface area contributed by atoms with Crippen molar-refractivity contribution in [3.63, 3.8) is 0 Å². The van der Waals surface area contributed by atoms with Gasteiger partial charge in [0.05, 0.1) is 18.3 Å². The molecule has 0 saturated carbocycles. The van der Waals surface area contributed by atoms with Gasteiger partial charge in [-0.3, -0.25) is 9.36 Å². The highest BCUT2D eigenvalue weighted by atomic mass is 32.1. The molecule has 0 bridgehead atoms. The minimum Gasteiger partial charge on any atom is -0.304 e. The Hall–Kier alpha value is -1.64. The van der Waals surface area contributed by atoms with Crippen molar-refractivity contribution in [2.75, 3.05) is 13.1 Å². The first-order chi connectivity index (χ1) is 7.83. The molecule has 0 spiro atoms. The molecule has 0 aromatic carbocycles. The molecule has 82 valence electrons. The third-order valence-corrected chi connectivity index (χ3v) is 3.03. The Kier molecular flexibility index (Phi) is 3.34. The Bertz CT molecular complexity index is 579. The number of nitrogens with zero attached hydrogens (tertiary/aromatic N) is 2. The Labute approximate surface area is 96.9 Å². The van der Waals surface area contributed by atoms with Gasteiger partial charge in [-0.25, -0.2) is 4.98 Å². The van der Waals surface area contributed by atoms with E-state index in [4.69, 9.17) is 6.42 Å². The second-order valence-electron chi connectivity index (χ2n) is 3.26. The van der Waals surface area contributed by atoms with Gasteiger partial charge < -0.3 is 5.32 Å². The van der Waals surface area contributed by atoms with E-state index in [2.05, 4.69) is 16.2 Å². The highest BCUT2D eigenvalue weighted by Gasteiger charge is 2.03. The van der Waals surface area contributed by atoms with Crippen molar-refractivity contribution in [2.24, 2.45) is 0 Å². The van der Waals surface area contributed by atoms with Gasteiger partial charge in [-0.1, -0.05) is 5.92 Å². The van der Waals surface area contributed by atoms with Gasteiger partial charge in [0, 0.05) is 13.1 Å². The molecule has 0 aliphatic carbocycles. The van der Waals surface area contributed by atoms with Crippen LogP contribution in [0.3, 0.4) is 0 Å². The zero-order valence-electron chi connectivity index (χ0n) is 8.64. The lowest BCUT2D eigenvalue weighted by atomic mass is 10.4. The van der Waals surface area contributed by atoms with Gasteiger partial charge in [-0.05, 0) is 11.4 Å². The average molecular weight is 233 g/mol. The summed E-state index contributed by atoms with van der Waals surface area (Å²) in [5, 5.41) is 5.59. The van der Waals surface area contributed by atoms with E-state index in [1.165, 1.54) is 11.3 Å². The zero-order valence-corrected chi connectivity index (χ0v) is 9.46. The minimum absolute atomic E-state index is 0.00811. The number of aromatic nitrogens is 2. The number of nitrogens with one attached hydrogen (secondary N) is 1. The van der Waals surface area contributed by atoms with E-state index in [0.717, 1.165) is 4.83 Å². The summed E-state index contributed by atoms with van der Waals surface area (Å²) < 4.78 is 1.60. The molecule has 0 saturated heterocycles. The quantitative estimate of drug-likeness (QED) is 0.624. The lowest BCUT2D eigenvalue weighted by Gasteiger charge is -2.04. The Morgan fingerprint density at radius 3 is 3.31 bits per heavy atom. The van der Waals surface area contributed by atoms with Gasteiger partial charge in [0.25, 0.3) is 5.56 Å². The molecule has 2 rings (SSSR count). The van der Waals surface area contributed by atoms with Crippen LogP contribution in [0, 0.1) is 12.3 Å². The third kappa shape index (κ3) is 2.13. The molecule has 0 amide bonds. The van der Waals surface area contributed by atoms with Gasteiger partial charge in [-0.2, -0.15) is 0 Å². The highest BCUT2D eigenvalue weighted by Crippen LogP contribution is 2.12. The van der Waals surface area contributed by atoms with Crippen LogP contribution in [0.25, 0.3) is 10.2 Å². The topological polar surface area (TPSA) is 46.9 Å². The Balaban J connectivity index is 2.16. The average Bonchev–Trinajstić information content (AvgIpc) is 2.76. The summed E-state index contributed by atoms with van der Waals surface area (Å²) in [5.41, 5.74) is 0.00811. The van der Waals surface area contributed by atoms with Crippen molar-refractivity contribution in [2.45, 2.75) is 6.54 Å². The zero-order chi connectivity index (χ0) is 11.4. The minimum atomic E-state index is 0.00811. The second-order valence-corrected chi connectivity index (χ2v) is 4.16. The van der Waals surface area contributed by atoms with Crippen LogP contribution in [0.5, 0.6) is 0 Å². The summed E-state index contributed by atoms with van der Waals surface area (Å²) in [6.45, 7) is 1.77. The van der Waals surface area contributed by atoms with Crippen LogP contribution in [-0.2, 0) is 6.54 Å². The monoisotopic (exact) mass is 233 g/mol. The fraction of sp³-hybridized carbons (Fsp3) is 0.273. The van der Waals surface area contributed by atoms with Crippen LogP contribution in [0.1, 0.15) is 0 Å². The summed E-state index contributed by atoms with van der Waals surface area (Å²) in [7, 11) is 0. The van der Waals surface area contributed by atoms with Crippen LogP contribution >= 0.6 is 11.3 Å². The summed E-state index contributed by atoms with van der Waals surface area (Å²) in [5.74, 6) is 2.48. The number of rotatable bonds is 4. The smallest absolute Gasteiger partial charge is 0.262 e. The number of hydrogen-bond donors (Lipinski definition) is 1. The van der Waals surface area contributed by atoms with Gasteiger partial charge in [0.2, 0.25) is 0 Å². The Morgan fingerprint density at radius 1 is 1.62 bits per heavy atom. The molecule has 1 N–H and O–H groups in total. The predicted octanol–water partition coefficient (Wildman–Crippen LogP) is 0.681. The van der Waals surface area contributed by atoms with Crippen molar-refractivity contribution in [3.05, 3.63) is 28.1 Å². The number of terminal acetylenes is 1. The summed E-state index contributed by atoms with van der Waals surface area (Å²) >= 11 is 1.48. The maximum atomic E-state index is 11.9. The summed E-state index contributed by atoms with van der Waals surface area (Å²) in [4.78, 5) is 16.9. The first-order valence-electron chi connectivity index (χ1n) is 4.90. The van der Waals surface area contributed by atoms with Crippen LogP contribution in [-0.4, -0.2) is 22.6 Å². The van der Waals surface area contributed by atoms with Crippen molar-refractivity contribution >= 4 is 21.6 Å². The van der Waals surface area contributed by atoms with E-state index in [1.807, 2.05) is 5.38 Å². The fourth-order valence-corrected chi connectivity index (χ4v) is 2.14. The first kappa shape index (κ1) is 10.9. The standard InChI is InChI=1S/C11H11N3OS/c1-2-4-12-5-6-14-8-13-10-9(11(14)15)3-7-16-10/h1,3,7-8,12H,4-6H2. The first-order valence-corrected chi connectivity index (χ1v) is 5.77. The number of thiophene rings is 1. The molecule has 0 fully saturated rings. The fourth-order valence-electron chi connectivity index (χ4n) is 1.41. The van der Waals surface area contributed by atoms with Crippen LogP contribution in [0.2, 0.25) is 0 Å². The molecule has 2 aromatic heterocycles. The largest absolute Gasteiger partial charge is 0.304 e. The maximum Gasteiger partial charge on any atom is 0.262 e. The highest BCUT2D eigenvalue weighted by molar-refractivity contribution is 7.16. The van der Waals surface area contributed by atoms with Gasteiger partial charge >= 0.3 is 0 Å². The molecule has 0 atom stereocenters. The number of fused-ring (bicyclic) bond motifs is 1. The second kappa shape index (κ2) is 4.92. The van der Waals surface area contributed by atoms with E-state index in [9.17, 15) is 4.79 Å². The van der Waals surface area contributed by atoms with E-state index in [1.54, 1.807) is 17.0 Å². The summed E-state index contributed by atoms with van der Waals surface area (Å²) in [6.07, 6.45) is 6.69. The normalized spacial score (nSPS) is 10.4. The van der Waals surface area contributed by atoms with Gasteiger partial charge in [-0.15, -0.1) is 17.8 Å². The third-order valence-electron chi connectivity index (χ3n) is 2.21. The van der Waals surface area contributed by atoms with Crippen molar-refractivity contribution in [3.8, 4) is 12.3 Å². The molecule has 2 aromatic rings. The molecular weight excluding hydrogens is 222 g/mol. The van der Waals surface area contributed by atoms with E-state index >= 15 is 0 Å². The Morgan fingerprint density at radius 2 is 2.50 bits per heavy atom. The maximum absolute atomic E-state index is 11.9. The molecule has 0 aliphatic rings. The molecule has 16 heavy (non-hydrogen) atoms. The van der Waals surface area contributed by atoms with E-state index < -0.39 is 0 Å². The van der Waals surface area contributed by atoms with E-state index in [0.29, 0.717) is 25.0 Å². The van der Waals surface area contributed by atoms with Crippen molar-refractivity contribution in [1.82, 2.24) is 14.9 Å². The summed E-state index contributed by atoms with van der Waals surface area (Å²) in [6, 6.07) is 1.81. The van der Waals surface area contributed by atoms with Crippen molar-refractivity contribution in [1.29, 1.82) is 0 Å². The van der Waals surface area contributed by atoms with E-state index in [-0.39, 0.29) is 5.56 Å².